The minimum atomic E-state index is -0.607. The molecule has 8 heteroatoms. The Morgan fingerprint density at radius 3 is 2.85 bits per heavy atom. The Bertz CT molecular complexity index is 635. The molecular formula is C12H12FN5O2. The van der Waals surface area contributed by atoms with Crippen molar-refractivity contribution < 1.29 is 9.31 Å². The Balaban J connectivity index is 2.49. The average Bonchev–Trinajstić information content (AvgIpc) is 2.44. The third-order valence-electron chi connectivity index (χ3n) is 2.48. The molecule has 2 aromatic rings. The topological polar surface area (TPSA) is 93.8 Å². The Morgan fingerprint density at radius 2 is 2.20 bits per heavy atom. The maximum atomic E-state index is 13.2. The molecule has 2 heterocycles. The molecule has 2 aromatic heterocycles. The third kappa shape index (κ3) is 3.02. The van der Waals surface area contributed by atoms with Gasteiger partial charge in [-0.1, -0.05) is 6.92 Å². The van der Waals surface area contributed by atoms with Crippen molar-refractivity contribution in [2.75, 3.05) is 11.9 Å². The van der Waals surface area contributed by atoms with Gasteiger partial charge in [0.15, 0.2) is 5.69 Å². The Kier molecular flexibility index (Phi) is 4.14. The van der Waals surface area contributed by atoms with Crippen LogP contribution < -0.4 is 5.32 Å². The molecule has 0 aliphatic carbocycles. The quantitative estimate of drug-likeness (QED) is 0.666. The number of aromatic nitrogens is 3. The molecule has 2 rings (SSSR count). The summed E-state index contributed by atoms with van der Waals surface area (Å²) in [5, 5.41) is 13.9. The molecule has 0 aromatic carbocycles. The molecule has 0 radical (unpaired) electrons. The molecule has 0 saturated carbocycles. The van der Waals surface area contributed by atoms with Crippen molar-refractivity contribution in [1.82, 2.24) is 15.0 Å². The van der Waals surface area contributed by atoms with E-state index in [1.54, 1.807) is 0 Å². The number of anilines is 1. The van der Waals surface area contributed by atoms with Crippen molar-refractivity contribution in [1.29, 1.82) is 0 Å². The Hall–Kier alpha value is -2.64. The van der Waals surface area contributed by atoms with Crippen LogP contribution in [0.5, 0.6) is 0 Å². The van der Waals surface area contributed by atoms with Gasteiger partial charge in [0.2, 0.25) is 5.95 Å². The summed E-state index contributed by atoms with van der Waals surface area (Å²) in [5.41, 5.74) is -0.0197. The number of hydrogen-bond acceptors (Lipinski definition) is 6. The van der Waals surface area contributed by atoms with E-state index in [0.717, 1.165) is 24.9 Å². The highest BCUT2D eigenvalue weighted by Gasteiger charge is 2.19. The van der Waals surface area contributed by atoms with Crippen LogP contribution in [-0.2, 0) is 0 Å². The zero-order valence-corrected chi connectivity index (χ0v) is 10.7. The zero-order valence-electron chi connectivity index (χ0n) is 10.7. The summed E-state index contributed by atoms with van der Waals surface area (Å²) < 4.78 is 13.2. The SMILES string of the molecule is CCCNc1ncc([N+](=O)[O-])c(-c2cncc(F)c2)n1. The van der Waals surface area contributed by atoms with Crippen LogP contribution in [0.3, 0.4) is 0 Å². The van der Waals surface area contributed by atoms with Gasteiger partial charge in [0.1, 0.15) is 12.0 Å². The van der Waals surface area contributed by atoms with E-state index in [0.29, 0.717) is 6.54 Å². The minimum absolute atomic E-state index is 0.0376. The lowest BCUT2D eigenvalue weighted by Crippen LogP contribution is -2.06. The molecule has 104 valence electrons. The Labute approximate surface area is 114 Å². The number of nitro groups is 1. The number of hydrogen-bond donors (Lipinski definition) is 1. The maximum absolute atomic E-state index is 13.2. The molecule has 0 fully saturated rings. The smallest absolute Gasteiger partial charge is 0.313 e. The highest BCUT2D eigenvalue weighted by atomic mass is 19.1. The van der Waals surface area contributed by atoms with Crippen LogP contribution in [0.1, 0.15) is 13.3 Å². The number of rotatable bonds is 5. The molecule has 0 saturated heterocycles. The Morgan fingerprint density at radius 1 is 1.40 bits per heavy atom. The van der Waals surface area contributed by atoms with Gasteiger partial charge in [0.25, 0.3) is 0 Å². The lowest BCUT2D eigenvalue weighted by Gasteiger charge is -2.06. The van der Waals surface area contributed by atoms with Crippen molar-refractivity contribution in [2.45, 2.75) is 13.3 Å². The maximum Gasteiger partial charge on any atom is 0.313 e. The van der Waals surface area contributed by atoms with E-state index in [1.807, 2.05) is 6.92 Å². The second-order valence-electron chi connectivity index (χ2n) is 4.00. The van der Waals surface area contributed by atoms with Gasteiger partial charge >= 0.3 is 5.69 Å². The molecule has 7 nitrogen and oxygen atoms in total. The first kappa shape index (κ1) is 13.8. The summed E-state index contributed by atoms with van der Waals surface area (Å²) in [7, 11) is 0. The van der Waals surface area contributed by atoms with E-state index in [2.05, 4.69) is 20.3 Å². The molecule has 20 heavy (non-hydrogen) atoms. The highest BCUT2D eigenvalue weighted by Crippen LogP contribution is 2.27. The van der Waals surface area contributed by atoms with E-state index < -0.39 is 10.7 Å². The second-order valence-corrected chi connectivity index (χ2v) is 4.00. The lowest BCUT2D eigenvalue weighted by molar-refractivity contribution is -0.384. The van der Waals surface area contributed by atoms with Crippen molar-refractivity contribution >= 4 is 11.6 Å². The minimum Gasteiger partial charge on any atom is -0.354 e. The predicted octanol–water partition coefficient (Wildman–Crippen LogP) is 2.41. The van der Waals surface area contributed by atoms with E-state index in [1.165, 1.54) is 6.20 Å². The summed E-state index contributed by atoms with van der Waals surface area (Å²) in [6.07, 6.45) is 4.30. The standard InChI is InChI=1S/C12H12FN5O2/c1-2-3-15-12-16-7-10(18(19)20)11(17-12)8-4-9(13)6-14-5-8/h4-7H,2-3H2,1H3,(H,15,16,17). The summed E-state index contributed by atoms with van der Waals surface area (Å²) >= 11 is 0. The van der Waals surface area contributed by atoms with Gasteiger partial charge in [-0.3, -0.25) is 15.1 Å². The van der Waals surface area contributed by atoms with Gasteiger partial charge < -0.3 is 5.32 Å². The molecule has 0 aliphatic heterocycles. The summed E-state index contributed by atoms with van der Waals surface area (Å²) in [5.74, 6) is -0.324. The largest absolute Gasteiger partial charge is 0.354 e. The molecule has 0 amide bonds. The average molecular weight is 277 g/mol. The lowest BCUT2D eigenvalue weighted by atomic mass is 10.2. The molecule has 0 atom stereocenters. The van der Waals surface area contributed by atoms with Crippen LogP contribution in [-0.4, -0.2) is 26.4 Å². The van der Waals surface area contributed by atoms with Crippen LogP contribution in [0.4, 0.5) is 16.0 Å². The van der Waals surface area contributed by atoms with Crippen molar-refractivity contribution in [3.63, 3.8) is 0 Å². The molecule has 0 unspecified atom stereocenters. The van der Waals surface area contributed by atoms with Gasteiger partial charge in [0, 0.05) is 18.3 Å². The second kappa shape index (κ2) is 6.00. The van der Waals surface area contributed by atoms with Crippen LogP contribution >= 0.6 is 0 Å². The van der Waals surface area contributed by atoms with Crippen molar-refractivity contribution in [3.8, 4) is 11.3 Å². The third-order valence-corrected chi connectivity index (χ3v) is 2.48. The normalized spacial score (nSPS) is 10.3. The van der Waals surface area contributed by atoms with E-state index in [4.69, 9.17) is 0 Å². The van der Waals surface area contributed by atoms with Gasteiger partial charge in [-0.05, 0) is 12.5 Å². The van der Waals surface area contributed by atoms with Crippen LogP contribution in [0.15, 0.2) is 24.7 Å². The predicted molar refractivity (Wildman–Crippen MR) is 70.7 cm³/mol. The summed E-state index contributed by atoms with van der Waals surface area (Å²) in [4.78, 5) is 22.0. The first-order valence-corrected chi connectivity index (χ1v) is 5.98. The van der Waals surface area contributed by atoms with Gasteiger partial charge in [-0.15, -0.1) is 0 Å². The summed E-state index contributed by atoms with van der Waals surface area (Å²) in [6.45, 7) is 2.61. The number of halogens is 1. The first-order valence-electron chi connectivity index (χ1n) is 5.98. The monoisotopic (exact) mass is 277 g/mol. The van der Waals surface area contributed by atoms with Crippen molar-refractivity contribution in [3.05, 3.63) is 40.6 Å². The molecule has 1 N–H and O–H groups in total. The van der Waals surface area contributed by atoms with Crippen LogP contribution in [0, 0.1) is 15.9 Å². The van der Waals surface area contributed by atoms with E-state index in [-0.39, 0.29) is 22.9 Å². The summed E-state index contributed by atoms with van der Waals surface area (Å²) in [6, 6.07) is 1.14. The van der Waals surface area contributed by atoms with E-state index >= 15 is 0 Å². The number of nitrogens with zero attached hydrogens (tertiary/aromatic N) is 4. The number of nitrogens with one attached hydrogen (secondary N) is 1. The molecule has 0 spiro atoms. The highest BCUT2D eigenvalue weighted by molar-refractivity contribution is 5.69. The van der Waals surface area contributed by atoms with Gasteiger partial charge in [-0.25, -0.2) is 14.4 Å². The zero-order chi connectivity index (χ0) is 14.5. The first-order chi connectivity index (χ1) is 9.61. The molecular weight excluding hydrogens is 265 g/mol. The van der Waals surface area contributed by atoms with Crippen LogP contribution in [0.2, 0.25) is 0 Å². The van der Waals surface area contributed by atoms with Crippen LogP contribution in [0.25, 0.3) is 11.3 Å². The number of pyridine rings is 1. The molecule has 0 aliphatic rings. The van der Waals surface area contributed by atoms with Gasteiger partial charge in [-0.2, -0.15) is 0 Å². The fourth-order valence-electron chi connectivity index (χ4n) is 1.58. The van der Waals surface area contributed by atoms with E-state index in [9.17, 15) is 14.5 Å². The fourth-order valence-corrected chi connectivity index (χ4v) is 1.58. The fraction of sp³-hybridized carbons (Fsp3) is 0.250. The molecule has 0 bridgehead atoms. The van der Waals surface area contributed by atoms with Crippen molar-refractivity contribution in [2.24, 2.45) is 0 Å². The van der Waals surface area contributed by atoms with Gasteiger partial charge in [0.05, 0.1) is 11.1 Å².